The summed E-state index contributed by atoms with van der Waals surface area (Å²) in [6, 6.07) is 0. The molecule has 1 amide bonds. The van der Waals surface area contributed by atoms with Gasteiger partial charge in [0.1, 0.15) is 0 Å². The fraction of sp³-hybridized carbons (Fsp3) is 0.941. The number of rotatable bonds is 14. The molecule has 4 heteroatoms. The third-order valence-corrected chi connectivity index (χ3v) is 3.74. The molecule has 0 aromatic heterocycles. The number of hydrogen-bond donors (Lipinski definition) is 0. The Morgan fingerprint density at radius 2 is 1.33 bits per heavy atom. The van der Waals surface area contributed by atoms with Gasteiger partial charge in [0.05, 0.1) is 0 Å². The Hall–Kier alpha value is -0.610. The molecular weight excluding hydrogens is 264 g/mol. The Balaban J connectivity index is 3.36. The lowest BCUT2D eigenvalue weighted by molar-refractivity contribution is -0.128. The zero-order valence-corrected chi connectivity index (χ0v) is 14.4. The molecule has 0 saturated heterocycles. The summed E-state index contributed by atoms with van der Waals surface area (Å²) in [7, 11) is 3.94. The minimum atomic E-state index is -0.239. The van der Waals surface area contributed by atoms with Crippen LogP contribution in [0.1, 0.15) is 77.6 Å². The molecule has 0 N–H and O–H groups in total. The number of unbranched alkanes of at least 4 members (excludes halogenated alkanes) is 8. The molecule has 0 aliphatic rings. The second-order valence-corrected chi connectivity index (χ2v) is 6.23. The maximum absolute atomic E-state index is 11.6. The Bertz CT molecular complexity index is 245. The van der Waals surface area contributed by atoms with E-state index in [1.165, 1.54) is 44.9 Å². The molecule has 0 aromatic rings. The highest BCUT2D eigenvalue weighted by molar-refractivity contribution is 5.76. The van der Waals surface area contributed by atoms with Gasteiger partial charge < -0.3 is 15.2 Å². The number of amides is 1. The number of hydrogen-bond acceptors (Lipinski definition) is 3. The maximum atomic E-state index is 11.6. The zero-order valence-electron chi connectivity index (χ0n) is 14.4. The van der Waals surface area contributed by atoms with Gasteiger partial charge in [0.15, 0.2) is 0 Å². The SMILES string of the molecule is CCCCCCCCCCCC(=O)N([O-])CCCN(C)C. The average Bonchev–Trinajstić information content (AvgIpc) is 2.44. The Morgan fingerprint density at radius 1 is 0.810 bits per heavy atom. The third-order valence-electron chi connectivity index (χ3n) is 3.74. The fourth-order valence-corrected chi connectivity index (χ4v) is 2.37. The van der Waals surface area contributed by atoms with Crippen LogP contribution in [0, 0.1) is 5.21 Å². The van der Waals surface area contributed by atoms with Crippen LogP contribution in [0.5, 0.6) is 0 Å². The molecule has 4 nitrogen and oxygen atoms in total. The van der Waals surface area contributed by atoms with Crippen LogP contribution in [0.3, 0.4) is 0 Å². The molecule has 0 unspecified atom stereocenters. The highest BCUT2D eigenvalue weighted by atomic mass is 16.5. The van der Waals surface area contributed by atoms with Crippen molar-refractivity contribution in [3.05, 3.63) is 5.21 Å². The highest BCUT2D eigenvalue weighted by Crippen LogP contribution is 2.11. The molecule has 0 rings (SSSR count). The molecule has 0 fully saturated rings. The molecular formula is C17H35N2O2-. The van der Waals surface area contributed by atoms with Gasteiger partial charge in [0.25, 0.3) is 0 Å². The van der Waals surface area contributed by atoms with Crippen LogP contribution in [-0.2, 0) is 4.79 Å². The van der Waals surface area contributed by atoms with E-state index in [9.17, 15) is 10.0 Å². The third kappa shape index (κ3) is 14.1. The van der Waals surface area contributed by atoms with E-state index in [1.54, 1.807) is 0 Å². The van der Waals surface area contributed by atoms with Gasteiger partial charge in [-0.25, -0.2) is 0 Å². The molecule has 0 bridgehead atoms. The fourth-order valence-electron chi connectivity index (χ4n) is 2.37. The van der Waals surface area contributed by atoms with Gasteiger partial charge in [-0.1, -0.05) is 58.3 Å². The molecule has 126 valence electrons. The van der Waals surface area contributed by atoms with Crippen molar-refractivity contribution in [1.82, 2.24) is 9.96 Å². The normalized spacial score (nSPS) is 11.1. The molecule has 0 spiro atoms. The van der Waals surface area contributed by atoms with Crippen LogP contribution in [-0.4, -0.2) is 43.1 Å². The first-order valence-electron chi connectivity index (χ1n) is 8.70. The minimum absolute atomic E-state index is 0.239. The van der Waals surface area contributed by atoms with Crippen LogP contribution in [0.15, 0.2) is 0 Å². The summed E-state index contributed by atoms with van der Waals surface area (Å²) in [4.78, 5) is 13.7. The summed E-state index contributed by atoms with van der Waals surface area (Å²) in [6.07, 6.45) is 12.2. The van der Waals surface area contributed by atoms with Crippen molar-refractivity contribution in [2.24, 2.45) is 0 Å². The maximum Gasteiger partial charge on any atom is 0.212 e. The Kier molecular flexibility index (Phi) is 13.9. The van der Waals surface area contributed by atoms with Gasteiger partial charge in [-0.15, -0.1) is 0 Å². The van der Waals surface area contributed by atoms with Gasteiger partial charge in [0, 0.05) is 13.0 Å². The standard InChI is InChI=1S/C17H35N2O2/c1-4-5-6-7-8-9-10-11-12-14-17(20)19(21)16-13-15-18(2)3/h4-16H2,1-3H3/q-1. The Labute approximate surface area is 131 Å². The second-order valence-electron chi connectivity index (χ2n) is 6.23. The van der Waals surface area contributed by atoms with Gasteiger partial charge in [-0.3, -0.25) is 4.79 Å². The number of nitrogens with zero attached hydrogens (tertiary/aromatic N) is 2. The first-order chi connectivity index (χ1) is 10.1. The minimum Gasteiger partial charge on any atom is -0.756 e. The van der Waals surface area contributed by atoms with E-state index in [-0.39, 0.29) is 5.91 Å². The summed E-state index contributed by atoms with van der Waals surface area (Å²) in [6.45, 7) is 3.41. The second kappa shape index (κ2) is 14.3. The van der Waals surface area contributed by atoms with Crippen molar-refractivity contribution in [1.29, 1.82) is 0 Å². The Morgan fingerprint density at radius 3 is 1.86 bits per heavy atom. The summed E-state index contributed by atoms with van der Waals surface area (Å²) in [5, 5.41) is 12.2. The van der Waals surface area contributed by atoms with Crippen molar-refractivity contribution >= 4 is 5.91 Å². The quantitative estimate of drug-likeness (QED) is 0.357. The molecule has 0 atom stereocenters. The summed E-state index contributed by atoms with van der Waals surface area (Å²) in [5.41, 5.74) is 0. The zero-order chi connectivity index (χ0) is 15.9. The monoisotopic (exact) mass is 299 g/mol. The average molecular weight is 299 g/mol. The van der Waals surface area contributed by atoms with E-state index in [1.807, 2.05) is 19.0 Å². The van der Waals surface area contributed by atoms with E-state index < -0.39 is 0 Å². The van der Waals surface area contributed by atoms with Crippen LogP contribution < -0.4 is 0 Å². The lowest BCUT2D eigenvalue weighted by atomic mass is 10.1. The smallest absolute Gasteiger partial charge is 0.212 e. The summed E-state index contributed by atoms with van der Waals surface area (Å²) in [5.74, 6) is -0.239. The number of carbonyl (C=O) groups excluding carboxylic acids is 1. The van der Waals surface area contributed by atoms with E-state index in [0.717, 1.165) is 25.8 Å². The van der Waals surface area contributed by atoms with Crippen molar-refractivity contribution in [2.75, 3.05) is 27.2 Å². The lowest BCUT2D eigenvalue weighted by Crippen LogP contribution is -2.28. The first-order valence-corrected chi connectivity index (χ1v) is 8.70. The molecule has 0 heterocycles. The topological polar surface area (TPSA) is 46.6 Å². The lowest BCUT2D eigenvalue weighted by Gasteiger charge is -2.28. The van der Waals surface area contributed by atoms with Crippen LogP contribution in [0.4, 0.5) is 0 Å². The van der Waals surface area contributed by atoms with E-state index in [0.29, 0.717) is 18.0 Å². The number of hydroxylamine groups is 2. The molecule has 0 saturated carbocycles. The van der Waals surface area contributed by atoms with Crippen molar-refractivity contribution in [3.63, 3.8) is 0 Å². The van der Waals surface area contributed by atoms with E-state index >= 15 is 0 Å². The van der Waals surface area contributed by atoms with Gasteiger partial charge in [-0.2, -0.15) is 0 Å². The largest absolute Gasteiger partial charge is 0.756 e. The van der Waals surface area contributed by atoms with Crippen LogP contribution in [0.25, 0.3) is 0 Å². The predicted octanol–water partition coefficient (Wildman–Crippen LogP) is 4.19. The predicted molar refractivity (Wildman–Crippen MR) is 90.1 cm³/mol. The molecule has 0 aromatic carbocycles. The first kappa shape index (κ1) is 20.4. The molecule has 0 radical (unpaired) electrons. The van der Waals surface area contributed by atoms with Crippen molar-refractivity contribution < 1.29 is 4.79 Å². The van der Waals surface area contributed by atoms with Crippen LogP contribution >= 0.6 is 0 Å². The van der Waals surface area contributed by atoms with Gasteiger partial charge in [0.2, 0.25) is 5.91 Å². The number of carbonyl (C=O) groups is 1. The summed E-state index contributed by atoms with van der Waals surface area (Å²) >= 11 is 0. The van der Waals surface area contributed by atoms with Crippen molar-refractivity contribution in [2.45, 2.75) is 77.6 Å². The van der Waals surface area contributed by atoms with Crippen LogP contribution in [0.2, 0.25) is 0 Å². The van der Waals surface area contributed by atoms with Crippen molar-refractivity contribution in [3.8, 4) is 0 Å². The van der Waals surface area contributed by atoms with E-state index in [2.05, 4.69) is 6.92 Å². The molecule has 0 aliphatic heterocycles. The summed E-state index contributed by atoms with van der Waals surface area (Å²) < 4.78 is 0. The van der Waals surface area contributed by atoms with Gasteiger partial charge in [-0.05, 0) is 33.5 Å². The van der Waals surface area contributed by atoms with Gasteiger partial charge >= 0.3 is 0 Å². The van der Waals surface area contributed by atoms with E-state index in [4.69, 9.17) is 0 Å². The highest BCUT2D eigenvalue weighted by Gasteiger charge is 2.04. The molecule has 0 aliphatic carbocycles. The molecule has 21 heavy (non-hydrogen) atoms.